The van der Waals surface area contributed by atoms with E-state index in [-0.39, 0.29) is 0 Å². The monoisotopic (exact) mass is 257 g/mol. The van der Waals surface area contributed by atoms with Crippen LogP contribution in [0.15, 0.2) is 48.5 Å². The van der Waals surface area contributed by atoms with Gasteiger partial charge in [0, 0.05) is 11.3 Å². The Balaban J connectivity index is 2.30. The van der Waals surface area contributed by atoms with E-state index < -0.39 is 6.10 Å². The van der Waals surface area contributed by atoms with Crippen LogP contribution in [-0.2, 0) is 0 Å². The molecule has 0 spiro atoms. The number of aliphatic hydroxyl groups is 1. The molecule has 0 bridgehead atoms. The number of aliphatic hydroxyl groups excluding tert-OH is 1. The van der Waals surface area contributed by atoms with Gasteiger partial charge in [0.25, 0.3) is 0 Å². The molecule has 3 heteroatoms. The lowest BCUT2D eigenvalue weighted by Gasteiger charge is -2.16. The zero-order chi connectivity index (χ0) is 13.7. The Morgan fingerprint density at radius 1 is 1.16 bits per heavy atom. The normalized spacial score (nSPS) is 12.1. The quantitative estimate of drug-likeness (QED) is 0.809. The van der Waals surface area contributed by atoms with Crippen LogP contribution in [0.4, 0.5) is 5.69 Å². The fourth-order valence-electron chi connectivity index (χ4n) is 1.96. The molecular weight excluding hydrogens is 238 g/mol. The first-order chi connectivity index (χ1) is 9.22. The van der Waals surface area contributed by atoms with Crippen LogP contribution in [0.2, 0.25) is 0 Å². The third-order valence-corrected chi connectivity index (χ3v) is 2.90. The maximum atomic E-state index is 10.5. The summed E-state index contributed by atoms with van der Waals surface area (Å²) in [5, 5.41) is 10.5. The summed E-state index contributed by atoms with van der Waals surface area (Å²) < 4.78 is 5.67. The van der Waals surface area contributed by atoms with Crippen LogP contribution in [0.5, 0.6) is 5.75 Å². The Labute approximate surface area is 113 Å². The second-order valence-corrected chi connectivity index (χ2v) is 4.46. The van der Waals surface area contributed by atoms with E-state index in [9.17, 15) is 5.11 Å². The highest BCUT2D eigenvalue weighted by Gasteiger charge is 2.15. The van der Waals surface area contributed by atoms with Gasteiger partial charge >= 0.3 is 0 Å². The lowest BCUT2D eigenvalue weighted by molar-refractivity contribution is 0.210. The lowest BCUT2D eigenvalue weighted by atomic mass is 10.0. The summed E-state index contributed by atoms with van der Waals surface area (Å²) in [6.07, 6.45) is 0.208. The molecule has 2 aromatic rings. The third kappa shape index (κ3) is 3.26. The van der Waals surface area contributed by atoms with Gasteiger partial charge in [0.15, 0.2) is 0 Å². The Hall–Kier alpha value is -2.00. The molecule has 0 heterocycles. The van der Waals surface area contributed by atoms with Gasteiger partial charge in [-0.1, -0.05) is 37.3 Å². The number of nitrogen functional groups attached to an aromatic ring is 1. The highest BCUT2D eigenvalue weighted by atomic mass is 16.5. The van der Waals surface area contributed by atoms with Crippen molar-refractivity contribution in [3.05, 3.63) is 59.7 Å². The molecule has 2 aromatic carbocycles. The second-order valence-electron chi connectivity index (χ2n) is 4.46. The van der Waals surface area contributed by atoms with Gasteiger partial charge in [-0.3, -0.25) is 0 Å². The van der Waals surface area contributed by atoms with Gasteiger partial charge in [0.2, 0.25) is 0 Å². The molecule has 0 saturated carbocycles. The Morgan fingerprint density at radius 2 is 1.95 bits per heavy atom. The van der Waals surface area contributed by atoms with Gasteiger partial charge in [-0.15, -0.1) is 0 Å². The van der Waals surface area contributed by atoms with Crippen LogP contribution in [0, 0.1) is 0 Å². The maximum absolute atomic E-state index is 10.5. The van der Waals surface area contributed by atoms with Crippen molar-refractivity contribution < 1.29 is 9.84 Å². The van der Waals surface area contributed by atoms with Crippen LogP contribution >= 0.6 is 0 Å². The van der Waals surface area contributed by atoms with E-state index in [1.807, 2.05) is 36.4 Å². The van der Waals surface area contributed by atoms with Crippen molar-refractivity contribution in [2.75, 3.05) is 12.3 Å². The largest absolute Gasteiger partial charge is 0.493 e. The number of hydrogen-bond donors (Lipinski definition) is 2. The van der Waals surface area contributed by atoms with Crippen molar-refractivity contribution in [3.8, 4) is 5.75 Å². The van der Waals surface area contributed by atoms with E-state index in [2.05, 4.69) is 6.92 Å². The lowest BCUT2D eigenvalue weighted by Crippen LogP contribution is -2.05. The predicted molar refractivity (Wildman–Crippen MR) is 77.1 cm³/mol. The fraction of sp³-hybridized carbons (Fsp3) is 0.250. The van der Waals surface area contributed by atoms with E-state index in [0.717, 1.165) is 23.3 Å². The minimum absolute atomic E-state index is 0.640. The van der Waals surface area contributed by atoms with Crippen LogP contribution in [0.25, 0.3) is 0 Å². The van der Waals surface area contributed by atoms with Crippen LogP contribution in [0.1, 0.15) is 30.6 Å². The summed E-state index contributed by atoms with van der Waals surface area (Å²) >= 11 is 0. The van der Waals surface area contributed by atoms with Gasteiger partial charge in [0.1, 0.15) is 11.9 Å². The maximum Gasteiger partial charge on any atom is 0.125 e. The number of nitrogens with two attached hydrogens (primary N) is 1. The molecule has 19 heavy (non-hydrogen) atoms. The van der Waals surface area contributed by atoms with Crippen molar-refractivity contribution in [1.82, 2.24) is 0 Å². The first-order valence-electron chi connectivity index (χ1n) is 6.47. The summed E-state index contributed by atoms with van der Waals surface area (Å²) in [7, 11) is 0. The molecule has 0 aliphatic rings. The molecule has 1 unspecified atom stereocenters. The minimum Gasteiger partial charge on any atom is -0.493 e. The molecule has 0 radical (unpaired) electrons. The second kappa shape index (κ2) is 6.25. The van der Waals surface area contributed by atoms with Crippen molar-refractivity contribution in [3.63, 3.8) is 0 Å². The number of benzene rings is 2. The van der Waals surface area contributed by atoms with E-state index in [1.165, 1.54) is 0 Å². The molecule has 0 aliphatic heterocycles. The Kier molecular flexibility index (Phi) is 4.42. The average molecular weight is 257 g/mol. The molecule has 0 saturated heterocycles. The topological polar surface area (TPSA) is 55.5 Å². The number of ether oxygens (including phenoxy) is 1. The Morgan fingerprint density at radius 3 is 2.68 bits per heavy atom. The summed E-state index contributed by atoms with van der Waals surface area (Å²) in [6.45, 7) is 2.69. The highest BCUT2D eigenvalue weighted by Crippen LogP contribution is 2.30. The number of hydrogen-bond acceptors (Lipinski definition) is 3. The molecule has 0 aromatic heterocycles. The van der Waals surface area contributed by atoms with Gasteiger partial charge in [-0.05, 0) is 30.2 Å². The van der Waals surface area contributed by atoms with Crippen molar-refractivity contribution in [2.24, 2.45) is 0 Å². The molecular formula is C16H19NO2. The van der Waals surface area contributed by atoms with E-state index in [1.54, 1.807) is 12.1 Å². The highest BCUT2D eigenvalue weighted by molar-refractivity contribution is 5.46. The number of para-hydroxylation sites is 1. The summed E-state index contributed by atoms with van der Waals surface area (Å²) in [5.41, 5.74) is 7.93. The first-order valence-corrected chi connectivity index (χ1v) is 6.47. The Bertz CT molecular complexity index is 540. The molecule has 0 aliphatic carbocycles. The first kappa shape index (κ1) is 13.4. The molecule has 3 N–H and O–H groups in total. The minimum atomic E-state index is -0.725. The van der Waals surface area contributed by atoms with Crippen molar-refractivity contribution in [2.45, 2.75) is 19.4 Å². The molecule has 100 valence electrons. The molecule has 1 atom stereocenters. The zero-order valence-corrected chi connectivity index (χ0v) is 11.0. The summed E-state index contributed by atoms with van der Waals surface area (Å²) in [6, 6.07) is 14.8. The van der Waals surface area contributed by atoms with Crippen molar-refractivity contribution in [1.29, 1.82) is 0 Å². The molecule has 2 rings (SSSR count). The number of anilines is 1. The molecule has 0 amide bonds. The molecule has 3 nitrogen and oxygen atoms in total. The van der Waals surface area contributed by atoms with E-state index >= 15 is 0 Å². The summed E-state index contributed by atoms with van der Waals surface area (Å²) in [4.78, 5) is 0. The van der Waals surface area contributed by atoms with Crippen molar-refractivity contribution >= 4 is 5.69 Å². The predicted octanol–water partition coefficient (Wildman–Crippen LogP) is 3.14. The summed E-state index contributed by atoms with van der Waals surface area (Å²) in [5.74, 6) is 0.722. The SMILES string of the molecule is CCCOc1ccccc1C(O)c1cccc(N)c1. The smallest absolute Gasteiger partial charge is 0.125 e. The fourth-order valence-corrected chi connectivity index (χ4v) is 1.96. The zero-order valence-electron chi connectivity index (χ0n) is 11.0. The van der Waals surface area contributed by atoms with Gasteiger partial charge in [0.05, 0.1) is 6.61 Å². The van der Waals surface area contributed by atoms with Gasteiger partial charge < -0.3 is 15.6 Å². The van der Waals surface area contributed by atoms with Crippen LogP contribution in [-0.4, -0.2) is 11.7 Å². The van der Waals surface area contributed by atoms with Crippen LogP contribution in [0.3, 0.4) is 0 Å². The standard InChI is InChI=1S/C16H19NO2/c1-2-10-19-15-9-4-3-8-14(15)16(18)12-6-5-7-13(17)11-12/h3-9,11,16,18H,2,10,17H2,1H3. The third-order valence-electron chi connectivity index (χ3n) is 2.90. The van der Waals surface area contributed by atoms with E-state index in [4.69, 9.17) is 10.5 Å². The van der Waals surface area contributed by atoms with Gasteiger partial charge in [-0.25, -0.2) is 0 Å². The van der Waals surface area contributed by atoms with Gasteiger partial charge in [-0.2, -0.15) is 0 Å². The van der Waals surface area contributed by atoms with E-state index in [0.29, 0.717) is 12.3 Å². The molecule has 0 fully saturated rings. The number of rotatable bonds is 5. The average Bonchev–Trinajstić information content (AvgIpc) is 2.44. The van der Waals surface area contributed by atoms with Crippen LogP contribution < -0.4 is 10.5 Å².